The molecule has 0 aromatic heterocycles. The van der Waals surface area contributed by atoms with Crippen LogP contribution in [-0.4, -0.2) is 25.3 Å². The zero-order chi connectivity index (χ0) is 9.68. The van der Waals surface area contributed by atoms with Gasteiger partial charge >= 0.3 is 5.97 Å². The van der Waals surface area contributed by atoms with Crippen molar-refractivity contribution >= 4 is 5.97 Å². The van der Waals surface area contributed by atoms with E-state index < -0.39 is 0 Å². The lowest BCUT2D eigenvalue weighted by molar-refractivity contribution is -0.150. The van der Waals surface area contributed by atoms with Gasteiger partial charge in [-0.3, -0.25) is 0 Å². The van der Waals surface area contributed by atoms with E-state index >= 15 is 0 Å². The van der Waals surface area contributed by atoms with E-state index in [4.69, 9.17) is 9.47 Å². The molecule has 1 fully saturated rings. The first kappa shape index (κ1) is 10.3. The molecule has 0 spiro atoms. The molecule has 3 heteroatoms. The monoisotopic (exact) mass is 184 g/mol. The lowest BCUT2D eigenvalue weighted by atomic mass is 10.3. The molecule has 0 amide bonds. The van der Waals surface area contributed by atoms with Crippen molar-refractivity contribution in [2.24, 2.45) is 0 Å². The van der Waals surface area contributed by atoms with Gasteiger partial charge in [-0.25, -0.2) is 4.79 Å². The predicted molar refractivity (Wildman–Crippen MR) is 49.4 cm³/mol. The van der Waals surface area contributed by atoms with Crippen molar-refractivity contribution in [1.29, 1.82) is 0 Å². The van der Waals surface area contributed by atoms with Crippen molar-refractivity contribution in [2.45, 2.75) is 32.3 Å². The van der Waals surface area contributed by atoms with E-state index in [1.54, 1.807) is 6.92 Å². The maximum absolute atomic E-state index is 10.9. The second-order valence-corrected chi connectivity index (χ2v) is 3.23. The largest absolute Gasteiger partial charge is 0.464 e. The SMILES string of the molecule is C=C1CCC(OCC(=O)OCC)C1. The van der Waals surface area contributed by atoms with Gasteiger partial charge in [0.05, 0.1) is 12.7 Å². The highest BCUT2D eigenvalue weighted by Gasteiger charge is 2.19. The van der Waals surface area contributed by atoms with Gasteiger partial charge in [0.2, 0.25) is 0 Å². The molecule has 0 aromatic carbocycles. The van der Waals surface area contributed by atoms with E-state index in [0.29, 0.717) is 6.61 Å². The Labute approximate surface area is 78.7 Å². The first-order chi connectivity index (χ1) is 6.22. The molecule has 13 heavy (non-hydrogen) atoms. The lowest BCUT2D eigenvalue weighted by Gasteiger charge is -2.09. The van der Waals surface area contributed by atoms with Crippen LogP contribution in [0.25, 0.3) is 0 Å². The number of rotatable bonds is 4. The topological polar surface area (TPSA) is 35.5 Å². The molecule has 1 rings (SSSR count). The number of carbonyl (C=O) groups excluding carboxylic acids is 1. The molecule has 1 saturated carbocycles. The van der Waals surface area contributed by atoms with Crippen LogP contribution in [0.4, 0.5) is 0 Å². The summed E-state index contributed by atoms with van der Waals surface area (Å²) < 4.78 is 10.1. The summed E-state index contributed by atoms with van der Waals surface area (Å²) >= 11 is 0. The lowest BCUT2D eigenvalue weighted by Crippen LogP contribution is -2.17. The quantitative estimate of drug-likeness (QED) is 0.492. The van der Waals surface area contributed by atoms with Gasteiger partial charge in [-0.2, -0.15) is 0 Å². The van der Waals surface area contributed by atoms with Crippen molar-refractivity contribution in [3.63, 3.8) is 0 Å². The minimum Gasteiger partial charge on any atom is -0.464 e. The van der Waals surface area contributed by atoms with Crippen molar-refractivity contribution < 1.29 is 14.3 Å². The third kappa shape index (κ3) is 3.59. The maximum Gasteiger partial charge on any atom is 0.332 e. The van der Waals surface area contributed by atoms with Gasteiger partial charge in [0.25, 0.3) is 0 Å². The van der Waals surface area contributed by atoms with Gasteiger partial charge in [-0.1, -0.05) is 12.2 Å². The number of ether oxygens (including phenoxy) is 2. The van der Waals surface area contributed by atoms with Crippen LogP contribution < -0.4 is 0 Å². The first-order valence-electron chi connectivity index (χ1n) is 4.66. The molecule has 3 nitrogen and oxygen atoms in total. The van der Waals surface area contributed by atoms with Crippen molar-refractivity contribution in [3.05, 3.63) is 12.2 Å². The molecule has 0 saturated heterocycles. The predicted octanol–water partition coefficient (Wildman–Crippen LogP) is 1.67. The normalized spacial score (nSPS) is 21.9. The molecular weight excluding hydrogens is 168 g/mol. The fourth-order valence-corrected chi connectivity index (χ4v) is 1.42. The Balaban J connectivity index is 2.12. The van der Waals surface area contributed by atoms with E-state index in [-0.39, 0.29) is 18.7 Å². The van der Waals surface area contributed by atoms with E-state index in [1.165, 1.54) is 5.57 Å². The summed E-state index contributed by atoms with van der Waals surface area (Å²) in [5, 5.41) is 0. The van der Waals surface area contributed by atoms with Gasteiger partial charge in [0, 0.05) is 0 Å². The summed E-state index contributed by atoms with van der Waals surface area (Å²) in [5.74, 6) is -0.278. The minimum atomic E-state index is -0.278. The fourth-order valence-electron chi connectivity index (χ4n) is 1.42. The van der Waals surface area contributed by atoms with Crippen LogP contribution in [0, 0.1) is 0 Å². The summed E-state index contributed by atoms with van der Waals surface area (Å²) in [6.07, 6.45) is 3.07. The van der Waals surface area contributed by atoms with E-state index in [9.17, 15) is 4.79 Å². The van der Waals surface area contributed by atoms with Crippen LogP contribution in [0.5, 0.6) is 0 Å². The van der Waals surface area contributed by atoms with Crippen LogP contribution in [0.1, 0.15) is 26.2 Å². The van der Waals surface area contributed by atoms with Crippen LogP contribution in [-0.2, 0) is 14.3 Å². The van der Waals surface area contributed by atoms with Crippen molar-refractivity contribution in [1.82, 2.24) is 0 Å². The number of esters is 1. The Morgan fingerprint density at radius 1 is 1.69 bits per heavy atom. The van der Waals surface area contributed by atoms with E-state index in [1.807, 2.05) is 0 Å². The molecule has 1 aliphatic carbocycles. The Morgan fingerprint density at radius 3 is 3.00 bits per heavy atom. The third-order valence-corrected chi connectivity index (χ3v) is 2.08. The Hall–Kier alpha value is -0.830. The summed E-state index contributed by atoms with van der Waals surface area (Å²) in [6.45, 7) is 6.15. The second-order valence-electron chi connectivity index (χ2n) is 3.23. The molecule has 0 heterocycles. The highest BCUT2D eigenvalue weighted by Crippen LogP contribution is 2.25. The summed E-state index contributed by atoms with van der Waals surface area (Å²) in [6, 6.07) is 0. The molecule has 0 aromatic rings. The zero-order valence-electron chi connectivity index (χ0n) is 8.04. The van der Waals surface area contributed by atoms with Crippen molar-refractivity contribution in [2.75, 3.05) is 13.2 Å². The van der Waals surface area contributed by atoms with Gasteiger partial charge < -0.3 is 9.47 Å². The molecule has 1 atom stereocenters. The van der Waals surface area contributed by atoms with Crippen LogP contribution in [0.2, 0.25) is 0 Å². The smallest absolute Gasteiger partial charge is 0.332 e. The average Bonchev–Trinajstić information content (AvgIpc) is 2.49. The summed E-state index contributed by atoms with van der Waals surface area (Å²) in [4.78, 5) is 10.9. The van der Waals surface area contributed by atoms with Crippen LogP contribution in [0.15, 0.2) is 12.2 Å². The van der Waals surface area contributed by atoms with Gasteiger partial charge in [0.1, 0.15) is 6.61 Å². The Bertz CT molecular complexity index is 198. The fraction of sp³-hybridized carbons (Fsp3) is 0.700. The molecule has 0 N–H and O–H groups in total. The maximum atomic E-state index is 10.9. The Kier molecular flexibility index (Phi) is 3.96. The molecule has 0 aliphatic heterocycles. The Morgan fingerprint density at radius 2 is 2.46 bits per heavy atom. The van der Waals surface area contributed by atoms with E-state index in [2.05, 4.69) is 6.58 Å². The highest BCUT2D eigenvalue weighted by atomic mass is 16.6. The van der Waals surface area contributed by atoms with Gasteiger partial charge in [0.15, 0.2) is 0 Å². The molecule has 1 unspecified atom stereocenters. The second kappa shape index (κ2) is 5.02. The van der Waals surface area contributed by atoms with Gasteiger partial charge in [-0.05, 0) is 26.2 Å². The highest BCUT2D eigenvalue weighted by molar-refractivity contribution is 5.70. The molecule has 0 bridgehead atoms. The summed E-state index contributed by atoms with van der Waals surface area (Å²) in [7, 11) is 0. The number of carbonyl (C=O) groups is 1. The zero-order valence-corrected chi connectivity index (χ0v) is 8.04. The number of hydrogen-bond donors (Lipinski definition) is 0. The molecule has 74 valence electrons. The third-order valence-electron chi connectivity index (χ3n) is 2.08. The molecule has 0 radical (unpaired) electrons. The van der Waals surface area contributed by atoms with Gasteiger partial charge in [-0.15, -0.1) is 0 Å². The molecular formula is C10H16O3. The molecule has 1 aliphatic rings. The van der Waals surface area contributed by atoms with Crippen LogP contribution in [0.3, 0.4) is 0 Å². The van der Waals surface area contributed by atoms with E-state index in [0.717, 1.165) is 19.3 Å². The van der Waals surface area contributed by atoms with Crippen molar-refractivity contribution in [3.8, 4) is 0 Å². The standard InChI is InChI=1S/C10H16O3/c1-3-12-10(11)7-13-9-5-4-8(2)6-9/h9H,2-7H2,1H3. The number of hydrogen-bond acceptors (Lipinski definition) is 3. The average molecular weight is 184 g/mol. The van der Waals surface area contributed by atoms with Crippen LogP contribution >= 0.6 is 0 Å². The first-order valence-corrected chi connectivity index (χ1v) is 4.66. The minimum absolute atomic E-state index is 0.0752. The summed E-state index contributed by atoms with van der Waals surface area (Å²) in [5.41, 5.74) is 1.22.